The summed E-state index contributed by atoms with van der Waals surface area (Å²) in [7, 11) is 3.19. The maximum atomic E-state index is 12.4. The topological polar surface area (TPSA) is 50.8 Å². The highest BCUT2D eigenvalue weighted by molar-refractivity contribution is 7.99. The number of rotatable bonds is 7. The van der Waals surface area contributed by atoms with E-state index >= 15 is 0 Å². The Bertz CT molecular complexity index is 776. The van der Waals surface area contributed by atoms with Crippen LogP contribution in [0.3, 0.4) is 0 Å². The third-order valence-corrected chi connectivity index (χ3v) is 5.48. The lowest BCUT2D eigenvalue weighted by atomic mass is 10.1. The van der Waals surface area contributed by atoms with Crippen LogP contribution in [0.5, 0.6) is 11.5 Å². The van der Waals surface area contributed by atoms with E-state index in [1.54, 1.807) is 14.2 Å². The first-order valence-electron chi connectivity index (χ1n) is 9.07. The molecule has 5 nitrogen and oxygen atoms in total. The maximum absolute atomic E-state index is 12.4. The van der Waals surface area contributed by atoms with Crippen molar-refractivity contribution in [2.45, 2.75) is 13.0 Å². The quantitative estimate of drug-likeness (QED) is 0.790. The molecule has 1 N–H and O–H groups in total. The number of ether oxygens (including phenoxy) is 2. The zero-order valence-electron chi connectivity index (χ0n) is 15.9. The third kappa shape index (κ3) is 5.65. The Balaban J connectivity index is 1.59. The predicted molar refractivity (Wildman–Crippen MR) is 111 cm³/mol. The van der Waals surface area contributed by atoms with Gasteiger partial charge in [0, 0.05) is 36.8 Å². The Morgan fingerprint density at radius 2 is 1.81 bits per heavy atom. The van der Waals surface area contributed by atoms with Gasteiger partial charge in [-0.3, -0.25) is 9.69 Å². The molecule has 0 radical (unpaired) electrons. The van der Waals surface area contributed by atoms with Crippen molar-refractivity contribution >= 4 is 23.4 Å². The molecule has 1 fully saturated rings. The molecule has 1 aliphatic heterocycles. The fourth-order valence-electron chi connectivity index (χ4n) is 3.15. The van der Waals surface area contributed by atoms with Crippen molar-refractivity contribution in [1.29, 1.82) is 0 Å². The standard InChI is InChI=1S/C21H26N2O3S/c1-25-19-7-6-16(13-20(19)26-2)14-21(24)22-18-5-3-4-17(12-18)15-23-8-10-27-11-9-23/h3-7,12-13H,8-11,14-15H2,1-2H3,(H,22,24). The van der Waals surface area contributed by atoms with Crippen LogP contribution in [0.2, 0.25) is 0 Å². The van der Waals surface area contributed by atoms with Crippen LogP contribution < -0.4 is 14.8 Å². The Kier molecular flexibility index (Phi) is 7.01. The summed E-state index contributed by atoms with van der Waals surface area (Å²) in [6.45, 7) is 3.18. The first-order valence-corrected chi connectivity index (χ1v) is 10.2. The van der Waals surface area contributed by atoms with Gasteiger partial charge in [-0.1, -0.05) is 18.2 Å². The van der Waals surface area contributed by atoms with E-state index in [0.717, 1.165) is 30.9 Å². The number of amides is 1. The lowest BCUT2D eigenvalue weighted by Gasteiger charge is -2.26. The number of anilines is 1. The Hall–Kier alpha value is -2.18. The minimum atomic E-state index is -0.0475. The number of thioether (sulfide) groups is 1. The first-order chi connectivity index (χ1) is 13.2. The van der Waals surface area contributed by atoms with Gasteiger partial charge >= 0.3 is 0 Å². The zero-order valence-corrected chi connectivity index (χ0v) is 16.7. The van der Waals surface area contributed by atoms with Gasteiger partial charge in [0.1, 0.15) is 0 Å². The van der Waals surface area contributed by atoms with Crippen molar-refractivity contribution in [1.82, 2.24) is 4.90 Å². The minimum absolute atomic E-state index is 0.0475. The normalized spacial score (nSPS) is 14.6. The highest BCUT2D eigenvalue weighted by Gasteiger charge is 2.12. The Labute approximate surface area is 165 Å². The number of benzene rings is 2. The van der Waals surface area contributed by atoms with Crippen LogP contribution >= 0.6 is 11.8 Å². The summed E-state index contributed by atoms with van der Waals surface area (Å²) in [6.07, 6.45) is 0.286. The number of hydrogen-bond donors (Lipinski definition) is 1. The van der Waals surface area contributed by atoms with Crippen molar-refractivity contribution in [3.8, 4) is 11.5 Å². The second-order valence-corrected chi connectivity index (χ2v) is 7.73. The molecule has 1 saturated heterocycles. The first kappa shape index (κ1) is 19.6. The van der Waals surface area contributed by atoms with E-state index in [1.807, 2.05) is 42.1 Å². The lowest BCUT2D eigenvalue weighted by molar-refractivity contribution is -0.115. The number of hydrogen-bond acceptors (Lipinski definition) is 5. The molecule has 0 bridgehead atoms. The van der Waals surface area contributed by atoms with E-state index in [-0.39, 0.29) is 12.3 Å². The molecule has 2 aromatic rings. The van der Waals surface area contributed by atoms with E-state index in [1.165, 1.54) is 17.1 Å². The summed E-state index contributed by atoms with van der Waals surface area (Å²) in [6, 6.07) is 13.6. The molecule has 144 valence electrons. The number of methoxy groups -OCH3 is 2. The summed E-state index contributed by atoms with van der Waals surface area (Å²) in [4.78, 5) is 14.9. The number of carbonyl (C=O) groups is 1. The minimum Gasteiger partial charge on any atom is -0.493 e. The van der Waals surface area contributed by atoms with Gasteiger partial charge in [0.15, 0.2) is 11.5 Å². The molecule has 27 heavy (non-hydrogen) atoms. The summed E-state index contributed by atoms with van der Waals surface area (Å²) in [5.74, 6) is 3.63. The molecular formula is C21H26N2O3S. The number of carbonyl (C=O) groups excluding carboxylic acids is 1. The van der Waals surface area contributed by atoms with Gasteiger partial charge in [-0.25, -0.2) is 0 Å². The second-order valence-electron chi connectivity index (χ2n) is 6.50. The van der Waals surface area contributed by atoms with E-state index in [2.05, 4.69) is 22.3 Å². The van der Waals surface area contributed by atoms with Crippen molar-refractivity contribution in [2.75, 3.05) is 44.1 Å². The van der Waals surface area contributed by atoms with Gasteiger partial charge in [-0.2, -0.15) is 11.8 Å². The van der Waals surface area contributed by atoms with Gasteiger partial charge in [0.25, 0.3) is 0 Å². The molecule has 1 amide bonds. The van der Waals surface area contributed by atoms with Crippen LogP contribution in [0, 0.1) is 0 Å². The summed E-state index contributed by atoms with van der Waals surface area (Å²) >= 11 is 2.01. The third-order valence-electron chi connectivity index (χ3n) is 4.53. The fourth-order valence-corrected chi connectivity index (χ4v) is 4.12. The molecule has 3 rings (SSSR count). The second kappa shape index (κ2) is 9.67. The van der Waals surface area contributed by atoms with Crippen LogP contribution in [-0.4, -0.2) is 49.6 Å². The van der Waals surface area contributed by atoms with Crippen LogP contribution in [0.1, 0.15) is 11.1 Å². The molecule has 2 aromatic carbocycles. The van der Waals surface area contributed by atoms with Crippen molar-refractivity contribution in [3.05, 3.63) is 53.6 Å². The fraction of sp³-hybridized carbons (Fsp3) is 0.381. The molecule has 0 saturated carbocycles. The molecule has 6 heteroatoms. The largest absolute Gasteiger partial charge is 0.493 e. The van der Waals surface area contributed by atoms with E-state index in [9.17, 15) is 4.79 Å². The molecule has 1 heterocycles. The highest BCUT2D eigenvalue weighted by atomic mass is 32.2. The summed E-state index contributed by atoms with van der Waals surface area (Å²) in [5, 5.41) is 3.00. The summed E-state index contributed by atoms with van der Waals surface area (Å²) < 4.78 is 10.5. The van der Waals surface area contributed by atoms with Crippen molar-refractivity contribution in [2.24, 2.45) is 0 Å². The Morgan fingerprint density at radius 1 is 1.04 bits per heavy atom. The zero-order chi connectivity index (χ0) is 19.1. The molecule has 0 aromatic heterocycles. The number of nitrogens with zero attached hydrogens (tertiary/aromatic N) is 1. The van der Waals surface area contributed by atoms with Gasteiger partial charge in [-0.05, 0) is 35.4 Å². The maximum Gasteiger partial charge on any atom is 0.228 e. The van der Waals surface area contributed by atoms with E-state index in [4.69, 9.17) is 9.47 Å². The molecule has 0 aliphatic carbocycles. The van der Waals surface area contributed by atoms with Gasteiger partial charge in [0.05, 0.1) is 20.6 Å². The lowest BCUT2D eigenvalue weighted by Crippen LogP contribution is -2.31. The molecule has 0 spiro atoms. The Morgan fingerprint density at radius 3 is 2.56 bits per heavy atom. The SMILES string of the molecule is COc1ccc(CC(=O)Nc2cccc(CN3CCSCC3)c2)cc1OC. The molecular weight excluding hydrogens is 360 g/mol. The average molecular weight is 387 g/mol. The molecule has 0 atom stereocenters. The van der Waals surface area contributed by atoms with Crippen LogP contribution in [0.15, 0.2) is 42.5 Å². The van der Waals surface area contributed by atoms with Crippen LogP contribution in [0.4, 0.5) is 5.69 Å². The average Bonchev–Trinajstić information content (AvgIpc) is 2.69. The highest BCUT2D eigenvalue weighted by Crippen LogP contribution is 2.27. The molecule has 0 unspecified atom stereocenters. The monoisotopic (exact) mass is 386 g/mol. The van der Waals surface area contributed by atoms with E-state index < -0.39 is 0 Å². The van der Waals surface area contributed by atoms with Crippen LogP contribution in [0.25, 0.3) is 0 Å². The number of nitrogens with one attached hydrogen (secondary N) is 1. The predicted octanol–water partition coefficient (Wildman–Crippen LogP) is 3.43. The van der Waals surface area contributed by atoms with Gasteiger partial charge in [-0.15, -0.1) is 0 Å². The van der Waals surface area contributed by atoms with Gasteiger partial charge < -0.3 is 14.8 Å². The molecule has 1 aliphatic rings. The van der Waals surface area contributed by atoms with Crippen molar-refractivity contribution < 1.29 is 14.3 Å². The van der Waals surface area contributed by atoms with Crippen molar-refractivity contribution in [3.63, 3.8) is 0 Å². The van der Waals surface area contributed by atoms with Crippen LogP contribution in [-0.2, 0) is 17.8 Å². The van der Waals surface area contributed by atoms with E-state index in [0.29, 0.717) is 11.5 Å². The summed E-state index contributed by atoms with van der Waals surface area (Å²) in [5.41, 5.74) is 2.95. The van der Waals surface area contributed by atoms with Gasteiger partial charge in [0.2, 0.25) is 5.91 Å². The smallest absolute Gasteiger partial charge is 0.228 e.